The second-order valence-electron chi connectivity index (χ2n) is 4.25. The summed E-state index contributed by atoms with van der Waals surface area (Å²) >= 11 is 3.13. The standard InChI is InChI=1S/C12H13BrFN3O3S/c1-2-17-6-8(5-16-17)7-20-11-4-10(14)12(3-9(11)13)21(15,18)19/h3-6H,2,7H2,1H3,(H2,15,18,19). The highest BCUT2D eigenvalue weighted by molar-refractivity contribution is 9.10. The number of aromatic nitrogens is 2. The van der Waals surface area contributed by atoms with Crippen molar-refractivity contribution < 1.29 is 17.5 Å². The topological polar surface area (TPSA) is 87.2 Å². The number of ether oxygens (including phenoxy) is 1. The third-order valence-corrected chi connectivity index (χ3v) is 4.24. The van der Waals surface area contributed by atoms with E-state index in [1.165, 1.54) is 0 Å². The van der Waals surface area contributed by atoms with Crippen LogP contribution >= 0.6 is 15.9 Å². The smallest absolute Gasteiger partial charge is 0.241 e. The molecule has 0 amide bonds. The zero-order chi connectivity index (χ0) is 15.6. The number of hydrogen-bond donors (Lipinski definition) is 1. The first-order valence-electron chi connectivity index (χ1n) is 5.97. The van der Waals surface area contributed by atoms with E-state index in [2.05, 4.69) is 21.0 Å². The zero-order valence-corrected chi connectivity index (χ0v) is 13.5. The molecular formula is C12H13BrFN3O3S. The third-order valence-electron chi connectivity index (χ3n) is 2.70. The van der Waals surface area contributed by atoms with Crippen LogP contribution in [0, 0.1) is 5.82 Å². The normalized spacial score (nSPS) is 11.6. The molecule has 6 nitrogen and oxygen atoms in total. The van der Waals surface area contributed by atoms with E-state index in [0.717, 1.165) is 24.2 Å². The molecule has 0 aliphatic carbocycles. The minimum atomic E-state index is -4.11. The van der Waals surface area contributed by atoms with Crippen LogP contribution in [0.25, 0.3) is 0 Å². The van der Waals surface area contributed by atoms with E-state index in [-0.39, 0.29) is 12.4 Å². The Balaban J connectivity index is 2.19. The van der Waals surface area contributed by atoms with Gasteiger partial charge in [0.05, 0.1) is 10.7 Å². The van der Waals surface area contributed by atoms with E-state index < -0.39 is 20.7 Å². The van der Waals surface area contributed by atoms with Crippen LogP contribution < -0.4 is 9.88 Å². The summed E-state index contributed by atoms with van der Waals surface area (Å²) in [5, 5.41) is 9.01. The Labute approximate surface area is 129 Å². The van der Waals surface area contributed by atoms with Gasteiger partial charge in [0.1, 0.15) is 23.1 Å². The number of benzene rings is 1. The number of aryl methyl sites for hydroxylation is 1. The van der Waals surface area contributed by atoms with E-state index in [1.54, 1.807) is 10.9 Å². The predicted molar refractivity (Wildman–Crippen MR) is 77.7 cm³/mol. The van der Waals surface area contributed by atoms with Crippen molar-refractivity contribution in [1.82, 2.24) is 9.78 Å². The van der Waals surface area contributed by atoms with Gasteiger partial charge in [0.15, 0.2) is 0 Å². The van der Waals surface area contributed by atoms with Crippen molar-refractivity contribution in [1.29, 1.82) is 0 Å². The fraction of sp³-hybridized carbons (Fsp3) is 0.250. The van der Waals surface area contributed by atoms with Crippen molar-refractivity contribution in [3.63, 3.8) is 0 Å². The minimum absolute atomic E-state index is 0.184. The maximum Gasteiger partial charge on any atom is 0.241 e. The molecule has 2 N–H and O–H groups in total. The third kappa shape index (κ3) is 3.80. The number of primary sulfonamides is 1. The van der Waals surface area contributed by atoms with E-state index in [9.17, 15) is 12.8 Å². The first kappa shape index (κ1) is 15.9. The Bertz CT molecular complexity index is 761. The molecule has 1 aromatic carbocycles. The molecule has 0 aliphatic heterocycles. The molecule has 0 fully saturated rings. The van der Waals surface area contributed by atoms with Gasteiger partial charge in [-0.1, -0.05) is 0 Å². The summed E-state index contributed by atoms with van der Waals surface area (Å²) in [4.78, 5) is -0.583. The number of rotatable bonds is 5. The predicted octanol–water partition coefficient (Wildman–Crippen LogP) is 2.03. The van der Waals surface area contributed by atoms with Gasteiger partial charge in [-0.05, 0) is 28.9 Å². The second kappa shape index (κ2) is 6.12. The van der Waals surface area contributed by atoms with Crippen LogP contribution in [0.15, 0.2) is 33.9 Å². The van der Waals surface area contributed by atoms with Gasteiger partial charge in [-0.3, -0.25) is 4.68 Å². The quantitative estimate of drug-likeness (QED) is 0.863. The van der Waals surface area contributed by atoms with Gasteiger partial charge >= 0.3 is 0 Å². The average molecular weight is 378 g/mol. The van der Waals surface area contributed by atoms with E-state index in [0.29, 0.717) is 4.47 Å². The molecule has 2 aromatic rings. The summed E-state index contributed by atoms with van der Waals surface area (Å²) in [7, 11) is -4.11. The molecule has 9 heteroatoms. The Hall–Kier alpha value is -1.45. The molecule has 0 spiro atoms. The van der Waals surface area contributed by atoms with E-state index in [4.69, 9.17) is 9.88 Å². The molecule has 0 aliphatic rings. The van der Waals surface area contributed by atoms with Crippen LogP contribution in [-0.4, -0.2) is 18.2 Å². The van der Waals surface area contributed by atoms with Crippen LogP contribution in [0.4, 0.5) is 4.39 Å². The monoisotopic (exact) mass is 377 g/mol. The number of nitrogens with two attached hydrogens (primary N) is 1. The van der Waals surface area contributed by atoms with Crippen molar-refractivity contribution in [2.24, 2.45) is 5.14 Å². The first-order valence-corrected chi connectivity index (χ1v) is 8.31. The highest BCUT2D eigenvalue weighted by Gasteiger charge is 2.18. The Morgan fingerprint density at radius 3 is 2.76 bits per heavy atom. The SMILES string of the molecule is CCn1cc(COc2cc(F)c(S(N)(=O)=O)cc2Br)cn1. The van der Waals surface area contributed by atoms with Gasteiger partial charge < -0.3 is 4.74 Å². The van der Waals surface area contributed by atoms with Gasteiger partial charge in [-0.25, -0.2) is 17.9 Å². The lowest BCUT2D eigenvalue weighted by Crippen LogP contribution is -2.14. The van der Waals surface area contributed by atoms with Crippen LogP contribution in [0.2, 0.25) is 0 Å². The molecule has 0 saturated carbocycles. The molecular weight excluding hydrogens is 365 g/mol. The average Bonchev–Trinajstić information content (AvgIpc) is 2.86. The summed E-state index contributed by atoms with van der Waals surface area (Å²) in [5.41, 5.74) is 0.819. The van der Waals surface area contributed by atoms with Gasteiger partial charge in [-0.2, -0.15) is 5.10 Å². The van der Waals surface area contributed by atoms with Gasteiger partial charge in [-0.15, -0.1) is 0 Å². The van der Waals surface area contributed by atoms with Crippen molar-refractivity contribution in [2.45, 2.75) is 25.0 Å². The van der Waals surface area contributed by atoms with Crippen LogP contribution in [-0.2, 0) is 23.2 Å². The summed E-state index contributed by atoms with van der Waals surface area (Å²) in [6, 6.07) is 2.06. The maximum absolute atomic E-state index is 13.7. The lowest BCUT2D eigenvalue weighted by molar-refractivity contribution is 0.302. The van der Waals surface area contributed by atoms with Crippen molar-refractivity contribution >= 4 is 26.0 Å². The molecule has 0 saturated heterocycles. The lowest BCUT2D eigenvalue weighted by Gasteiger charge is -2.09. The van der Waals surface area contributed by atoms with Crippen molar-refractivity contribution in [3.8, 4) is 5.75 Å². The summed E-state index contributed by atoms with van der Waals surface area (Å²) in [6.45, 7) is 2.88. The Morgan fingerprint density at radius 2 is 2.19 bits per heavy atom. The zero-order valence-electron chi connectivity index (χ0n) is 11.1. The maximum atomic E-state index is 13.7. The highest BCUT2D eigenvalue weighted by Crippen LogP contribution is 2.30. The Kier molecular flexibility index (Phi) is 4.64. The fourth-order valence-corrected chi connectivity index (χ4v) is 2.88. The second-order valence-corrected chi connectivity index (χ2v) is 6.64. The van der Waals surface area contributed by atoms with E-state index in [1.807, 2.05) is 13.1 Å². The molecule has 0 atom stereocenters. The number of hydrogen-bond acceptors (Lipinski definition) is 4. The van der Waals surface area contributed by atoms with Crippen molar-refractivity contribution in [2.75, 3.05) is 0 Å². The molecule has 114 valence electrons. The summed E-state index contributed by atoms with van der Waals surface area (Å²) in [6.07, 6.45) is 3.45. The van der Waals surface area contributed by atoms with Crippen LogP contribution in [0.1, 0.15) is 12.5 Å². The van der Waals surface area contributed by atoms with Crippen LogP contribution in [0.5, 0.6) is 5.75 Å². The first-order chi connectivity index (χ1) is 9.81. The molecule has 1 aromatic heterocycles. The van der Waals surface area contributed by atoms with Gasteiger partial charge in [0.2, 0.25) is 10.0 Å². The molecule has 1 heterocycles. The molecule has 2 rings (SSSR count). The van der Waals surface area contributed by atoms with Gasteiger partial charge in [0, 0.05) is 24.4 Å². The van der Waals surface area contributed by atoms with Crippen molar-refractivity contribution in [3.05, 3.63) is 40.4 Å². The van der Waals surface area contributed by atoms with E-state index >= 15 is 0 Å². The molecule has 21 heavy (non-hydrogen) atoms. The molecule has 0 radical (unpaired) electrons. The summed E-state index contributed by atoms with van der Waals surface area (Å²) < 4.78 is 43.6. The largest absolute Gasteiger partial charge is 0.487 e. The number of nitrogens with zero attached hydrogens (tertiary/aromatic N) is 2. The Morgan fingerprint density at radius 1 is 1.48 bits per heavy atom. The number of halogens is 2. The lowest BCUT2D eigenvalue weighted by atomic mass is 10.3. The van der Waals surface area contributed by atoms with Crippen LogP contribution in [0.3, 0.4) is 0 Å². The fourth-order valence-electron chi connectivity index (χ4n) is 1.65. The number of sulfonamides is 1. The highest BCUT2D eigenvalue weighted by atomic mass is 79.9. The molecule has 0 bridgehead atoms. The molecule has 0 unspecified atom stereocenters. The van der Waals surface area contributed by atoms with Gasteiger partial charge in [0.25, 0.3) is 0 Å². The summed E-state index contributed by atoms with van der Waals surface area (Å²) in [5.74, 6) is -0.774. The minimum Gasteiger partial charge on any atom is -0.487 e.